The smallest absolute Gasteiger partial charge is 0.160 e. The minimum absolute atomic E-state index is 0.278. The zero-order valence-corrected chi connectivity index (χ0v) is 14.3. The summed E-state index contributed by atoms with van der Waals surface area (Å²) in [4.78, 5) is 0. The van der Waals surface area contributed by atoms with Crippen LogP contribution in [0.25, 0.3) is 6.08 Å². The van der Waals surface area contributed by atoms with Crippen LogP contribution in [-0.4, -0.2) is 13.2 Å². The van der Waals surface area contributed by atoms with Crippen molar-refractivity contribution >= 4 is 23.1 Å². The molecule has 0 saturated carbocycles. The van der Waals surface area contributed by atoms with E-state index in [9.17, 15) is 8.78 Å². The van der Waals surface area contributed by atoms with Crippen molar-refractivity contribution in [1.29, 1.82) is 0 Å². The molecule has 0 unspecified atom stereocenters. The van der Waals surface area contributed by atoms with E-state index in [-0.39, 0.29) is 5.92 Å². The van der Waals surface area contributed by atoms with Crippen LogP contribution in [0.15, 0.2) is 36.9 Å². The van der Waals surface area contributed by atoms with Crippen molar-refractivity contribution in [2.24, 2.45) is 5.92 Å². The van der Waals surface area contributed by atoms with Crippen LogP contribution in [-0.2, 0) is 4.74 Å². The molecule has 1 saturated heterocycles. The molecule has 0 spiro atoms. The van der Waals surface area contributed by atoms with E-state index < -0.39 is 11.6 Å². The number of nitrogens with two attached hydrogens (primary N) is 1. The molecule has 2 aromatic carbocycles. The maximum absolute atomic E-state index is 13.5. The Kier molecular flexibility index (Phi) is 5.55. The van der Waals surface area contributed by atoms with Crippen molar-refractivity contribution in [3.8, 4) is 11.8 Å². The van der Waals surface area contributed by atoms with Crippen LogP contribution in [0.4, 0.5) is 25.8 Å². The Morgan fingerprint density at radius 2 is 1.92 bits per heavy atom. The Labute approximate surface area is 151 Å². The summed E-state index contributed by atoms with van der Waals surface area (Å²) < 4.78 is 32.0. The van der Waals surface area contributed by atoms with Crippen molar-refractivity contribution in [1.82, 2.24) is 0 Å². The summed E-state index contributed by atoms with van der Waals surface area (Å²) in [6.07, 6.45) is 3.44. The van der Waals surface area contributed by atoms with Crippen molar-refractivity contribution in [3.05, 3.63) is 59.7 Å². The number of nitrogen functional groups attached to an aromatic ring is 1. The summed E-state index contributed by atoms with van der Waals surface area (Å²) in [6, 6.07) is 7.23. The minimum atomic E-state index is -0.913. The molecular weight excluding hydrogens is 334 g/mol. The SMILES string of the molecule is C=Cc1cc(Nc2ccc(F)c(F)c2)c(C#CC2CCOCC2)cc1N. The van der Waals surface area contributed by atoms with Crippen molar-refractivity contribution < 1.29 is 13.5 Å². The number of nitrogens with one attached hydrogen (secondary N) is 1. The Bertz CT molecular complexity index is 878. The third kappa shape index (κ3) is 4.22. The third-order valence-electron chi connectivity index (χ3n) is 4.27. The van der Waals surface area contributed by atoms with E-state index in [1.54, 1.807) is 18.2 Å². The highest BCUT2D eigenvalue weighted by atomic mass is 19.2. The van der Waals surface area contributed by atoms with Crippen LogP contribution in [0, 0.1) is 29.4 Å². The van der Waals surface area contributed by atoms with Crippen molar-refractivity contribution in [2.45, 2.75) is 12.8 Å². The average Bonchev–Trinajstić information content (AvgIpc) is 2.65. The van der Waals surface area contributed by atoms with Crippen LogP contribution in [0.3, 0.4) is 0 Å². The topological polar surface area (TPSA) is 47.3 Å². The van der Waals surface area contributed by atoms with E-state index in [4.69, 9.17) is 10.5 Å². The third-order valence-corrected chi connectivity index (χ3v) is 4.27. The zero-order valence-electron chi connectivity index (χ0n) is 14.3. The number of hydrogen-bond acceptors (Lipinski definition) is 3. The first kappa shape index (κ1) is 18.0. The molecular formula is C21H20F2N2O. The molecule has 0 radical (unpaired) electrons. The van der Waals surface area contributed by atoms with Gasteiger partial charge in [-0.25, -0.2) is 8.78 Å². The number of ether oxygens (including phenoxy) is 1. The summed E-state index contributed by atoms with van der Waals surface area (Å²) in [6.45, 7) is 5.19. The zero-order chi connectivity index (χ0) is 18.5. The van der Waals surface area contributed by atoms with E-state index in [0.29, 0.717) is 22.6 Å². The van der Waals surface area contributed by atoms with Gasteiger partial charge < -0.3 is 15.8 Å². The molecule has 1 heterocycles. The molecule has 0 aromatic heterocycles. The number of benzene rings is 2. The van der Waals surface area contributed by atoms with E-state index in [0.717, 1.165) is 43.8 Å². The van der Waals surface area contributed by atoms with Gasteiger partial charge in [-0.1, -0.05) is 24.5 Å². The molecule has 1 fully saturated rings. The quantitative estimate of drug-likeness (QED) is 0.620. The van der Waals surface area contributed by atoms with Gasteiger partial charge in [-0.3, -0.25) is 0 Å². The fourth-order valence-corrected chi connectivity index (χ4v) is 2.77. The van der Waals surface area contributed by atoms with Gasteiger partial charge in [-0.2, -0.15) is 0 Å². The lowest BCUT2D eigenvalue weighted by molar-refractivity contribution is 0.0807. The monoisotopic (exact) mass is 354 g/mol. The molecule has 134 valence electrons. The Morgan fingerprint density at radius 1 is 1.15 bits per heavy atom. The molecule has 0 amide bonds. The first-order chi connectivity index (χ1) is 12.6. The molecule has 26 heavy (non-hydrogen) atoms. The number of anilines is 3. The Morgan fingerprint density at radius 3 is 2.62 bits per heavy atom. The standard InChI is InChI=1S/C21H20F2N2O/c1-2-15-12-21(25-17-5-6-18(22)19(23)13-17)16(11-20(15)24)4-3-14-7-9-26-10-8-14/h2,5-6,11-14,25H,1,7-10,24H2. The Hall–Kier alpha value is -2.84. The average molecular weight is 354 g/mol. The van der Waals surface area contributed by atoms with Crippen molar-refractivity contribution in [2.75, 3.05) is 24.3 Å². The molecule has 3 rings (SSSR count). The molecule has 3 nitrogen and oxygen atoms in total. The van der Waals surface area contributed by atoms with Crippen LogP contribution in [0.1, 0.15) is 24.0 Å². The fraction of sp³-hybridized carbons (Fsp3) is 0.238. The van der Waals surface area contributed by atoms with Crippen LogP contribution >= 0.6 is 0 Å². The normalized spacial score (nSPS) is 14.4. The van der Waals surface area contributed by atoms with Gasteiger partial charge in [0.05, 0.1) is 11.3 Å². The lowest BCUT2D eigenvalue weighted by Gasteiger charge is -2.17. The molecule has 3 N–H and O–H groups in total. The van der Waals surface area contributed by atoms with Crippen LogP contribution in [0.5, 0.6) is 0 Å². The maximum Gasteiger partial charge on any atom is 0.160 e. The van der Waals surface area contributed by atoms with Gasteiger partial charge in [0.1, 0.15) is 0 Å². The highest BCUT2D eigenvalue weighted by molar-refractivity contribution is 5.77. The van der Waals surface area contributed by atoms with Gasteiger partial charge in [0, 0.05) is 36.6 Å². The van der Waals surface area contributed by atoms with Gasteiger partial charge in [-0.15, -0.1) is 0 Å². The van der Waals surface area contributed by atoms with Crippen LogP contribution < -0.4 is 11.1 Å². The van der Waals surface area contributed by atoms with E-state index in [1.165, 1.54) is 6.07 Å². The van der Waals surface area contributed by atoms with Gasteiger partial charge >= 0.3 is 0 Å². The van der Waals surface area contributed by atoms with Gasteiger partial charge in [0.2, 0.25) is 0 Å². The summed E-state index contributed by atoms with van der Waals surface area (Å²) >= 11 is 0. The summed E-state index contributed by atoms with van der Waals surface area (Å²) in [5, 5.41) is 3.09. The first-order valence-electron chi connectivity index (χ1n) is 8.44. The molecule has 0 bridgehead atoms. The van der Waals surface area contributed by atoms with E-state index >= 15 is 0 Å². The Balaban J connectivity index is 1.94. The van der Waals surface area contributed by atoms with Gasteiger partial charge in [-0.05, 0) is 42.7 Å². The summed E-state index contributed by atoms with van der Waals surface area (Å²) in [5.41, 5.74) is 9.15. The predicted molar refractivity (Wildman–Crippen MR) is 101 cm³/mol. The lowest BCUT2D eigenvalue weighted by atomic mass is 9.99. The highest BCUT2D eigenvalue weighted by Gasteiger charge is 2.12. The maximum atomic E-state index is 13.5. The van der Waals surface area contributed by atoms with E-state index in [1.807, 2.05) is 0 Å². The number of rotatable bonds is 3. The first-order valence-corrected chi connectivity index (χ1v) is 8.44. The van der Waals surface area contributed by atoms with Crippen molar-refractivity contribution in [3.63, 3.8) is 0 Å². The largest absolute Gasteiger partial charge is 0.398 e. The molecule has 1 aliphatic rings. The highest BCUT2D eigenvalue weighted by Crippen LogP contribution is 2.28. The second kappa shape index (κ2) is 8.03. The molecule has 0 aliphatic carbocycles. The minimum Gasteiger partial charge on any atom is -0.398 e. The van der Waals surface area contributed by atoms with E-state index in [2.05, 4.69) is 23.7 Å². The molecule has 2 aromatic rings. The second-order valence-corrected chi connectivity index (χ2v) is 6.14. The predicted octanol–water partition coefficient (Wildman–Crippen LogP) is 4.71. The molecule has 5 heteroatoms. The number of halogens is 2. The number of hydrogen-bond donors (Lipinski definition) is 2. The van der Waals surface area contributed by atoms with Gasteiger partial charge in [0.15, 0.2) is 11.6 Å². The summed E-state index contributed by atoms with van der Waals surface area (Å²) in [7, 11) is 0. The van der Waals surface area contributed by atoms with Gasteiger partial charge in [0.25, 0.3) is 0 Å². The fourth-order valence-electron chi connectivity index (χ4n) is 2.77. The molecule has 1 aliphatic heterocycles. The lowest BCUT2D eigenvalue weighted by Crippen LogP contribution is -2.13. The molecule has 0 atom stereocenters. The summed E-state index contributed by atoms with van der Waals surface area (Å²) in [5.74, 6) is 4.91. The van der Waals surface area contributed by atoms with Crippen LogP contribution in [0.2, 0.25) is 0 Å². The second-order valence-electron chi connectivity index (χ2n) is 6.14.